The van der Waals surface area contributed by atoms with Crippen molar-refractivity contribution in [1.29, 1.82) is 0 Å². The van der Waals surface area contributed by atoms with Crippen LogP contribution >= 0.6 is 0 Å². The van der Waals surface area contributed by atoms with Gasteiger partial charge in [0.05, 0.1) is 7.11 Å². The molecule has 4 nitrogen and oxygen atoms in total. The first kappa shape index (κ1) is 12.9. The van der Waals surface area contributed by atoms with E-state index in [2.05, 4.69) is 0 Å². The van der Waals surface area contributed by atoms with Crippen LogP contribution in [0.3, 0.4) is 0 Å². The maximum atomic E-state index is 13.2. The zero-order valence-electron chi connectivity index (χ0n) is 10.1. The summed E-state index contributed by atoms with van der Waals surface area (Å²) in [6, 6.07) is 9.89. The lowest BCUT2D eigenvalue weighted by atomic mass is 10.2. The molecule has 2 rings (SSSR count). The smallest absolute Gasteiger partial charge is 0.339 e. The van der Waals surface area contributed by atoms with E-state index in [4.69, 9.17) is 14.6 Å². The van der Waals surface area contributed by atoms with Gasteiger partial charge in [-0.2, -0.15) is 0 Å². The van der Waals surface area contributed by atoms with Crippen LogP contribution in [-0.4, -0.2) is 18.2 Å². The van der Waals surface area contributed by atoms with Crippen LogP contribution in [-0.2, 0) is 0 Å². The highest BCUT2D eigenvalue weighted by atomic mass is 19.1. The Morgan fingerprint density at radius 3 is 2.53 bits per heavy atom. The third-order valence-electron chi connectivity index (χ3n) is 2.46. The van der Waals surface area contributed by atoms with Crippen molar-refractivity contribution in [3.8, 4) is 17.2 Å². The first-order valence-corrected chi connectivity index (χ1v) is 5.45. The SMILES string of the molecule is COc1ccc(F)cc1Oc1ccccc1C(=O)O. The fourth-order valence-corrected chi connectivity index (χ4v) is 1.58. The maximum Gasteiger partial charge on any atom is 0.339 e. The van der Waals surface area contributed by atoms with E-state index in [1.807, 2.05) is 0 Å². The number of carbonyl (C=O) groups is 1. The Morgan fingerprint density at radius 1 is 1.11 bits per heavy atom. The first-order chi connectivity index (χ1) is 9.11. The number of rotatable bonds is 4. The Balaban J connectivity index is 2.41. The summed E-state index contributed by atoms with van der Waals surface area (Å²) >= 11 is 0. The van der Waals surface area contributed by atoms with Crippen LogP contribution < -0.4 is 9.47 Å². The maximum absolute atomic E-state index is 13.2. The molecule has 0 aliphatic carbocycles. The second-order valence-corrected chi connectivity index (χ2v) is 3.70. The molecule has 19 heavy (non-hydrogen) atoms. The highest BCUT2D eigenvalue weighted by molar-refractivity contribution is 5.90. The highest BCUT2D eigenvalue weighted by Gasteiger charge is 2.13. The quantitative estimate of drug-likeness (QED) is 0.918. The van der Waals surface area contributed by atoms with Crippen molar-refractivity contribution in [1.82, 2.24) is 0 Å². The van der Waals surface area contributed by atoms with Crippen molar-refractivity contribution in [2.24, 2.45) is 0 Å². The van der Waals surface area contributed by atoms with Gasteiger partial charge in [0.2, 0.25) is 0 Å². The van der Waals surface area contributed by atoms with Gasteiger partial charge < -0.3 is 14.6 Å². The van der Waals surface area contributed by atoms with Crippen molar-refractivity contribution >= 4 is 5.97 Å². The summed E-state index contributed by atoms with van der Waals surface area (Å²) in [5.41, 5.74) is -0.00573. The molecule has 0 bridgehead atoms. The van der Waals surface area contributed by atoms with Crippen LogP contribution in [0.5, 0.6) is 17.2 Å². The summed E-state index contributed by atoms with van der Waals surface area (Å²) < 4.78 is 23.7. The molecule has 0 amide bonds. The number of halogens is 1. The number of hydrogen-bond acceptors (Lipinski definition) is 3. The summed E-state index contributed by atoms with van der Waals surface area (Å²) in [5, 5.41) is 9.04. The van der Waals surface area contributed by atoms with Gasteiger partial charge >= 0.3 is 5.97 Å². The van der Waals surface area contributed by atoms with E-state index in [0.717, 1.165) is 6.07 Å². The molecule has 0 radical (unpaired) electrons. The van der Waals surface area contributed by atoms with Gasteiger partial charge in [-0.3, -0.25) is 0 Å². The molecule has 98 valence electrons. The zero-order chi connectivity index (χ0) is 13.8. The van der Waals surface area contributed by atoms with Crippen LogP contribution in [0.25, 0.3) is 0 Å². The molecule has 2 aromatic carbocycles. The summed E-state index contributed by atoms with van der Waals surface area (Å²) in [7, 11) is 1.42. The molecule has 2 aromatic rings. The lowest BCUT2D eigenvalue weighted by Crippen LogP contribution is -2.00. The molecular formula is C14H11FO4. The van der Waals surface area contributed by atoms with Gasteiger partial charge in [0.1, 0.15) is 17.1 Å². The molecule has 0 atom stereocenters. The summed E-state index contributed by atoms with van der Waals surface area (Å²) in [5.74, 6) is -1.05. The lowest BCUT2D eigenvalue weighted by Gasteiger charge is -2.11. The molecule has 0 fully saturated rings. The molecule has 0 aliphatic rings. The van der Waals surface area contributed by atoms with Crippen LogP contribution in [0.15, 0.2) is 42.5 Å². The Bertz CT molecular complexity index is 610. The largest absolute Gasteiger partial charge is 0.493 e. The predicted molar refractivity (Wildman–Crippen MR) is 66.4 cm³/mol. The fraction of sp³-hybridized carbons (Fsp3) is 0.0714. The molecule has 0 aliphatic heterocycles. The molecule has 0 aromatic heterocycles. The normalized spacial score (nSPS) is 10.0. The van der Waals surface area contributed by atoms with E-state index in [9.17, 15) is 9.18 Å². The average Bonchev–Trinajstić information content (AvgIpc) is 2.39. The van der Waals surface area contributed by atoms with E-state index in [-0.39, 0.29) is 17.1 Å². The second-order valence-electron chi connectivity index (χ2n) is 3.70. The highest BCUT2D eigenvalue weighted by Crippen LogP contribution is 2.33. The van der Waals surface area contributed by atoms with E-state index < -0.39 is 11.8 Å². The molecule has 1 N–H and O–H groups in total. The molecule has 5 heteroatoms. The number of carboxylic acids is 1. The summed E-state index contributed by atoms with van der Waals surface area (Å²) in [6.07, 6.45) is 0. The number of carboxylic acid groups (broad SMARTS) is 1. The topological polar surface area (TPSA) is 55.8 Å². The Labute approximate surface area is 109 Å². The number of ether oxygens (including phenoxy) is 2. The zero-order valence-corrected chi connectivity index (χ0v) is 10.1. The standard InChI is InChI=1S/C14H11FO4/c1-18-12-7-6-9(15)8-13(12)19-11-5-3-2-4-10(11)14(16)17/h2-8H,1H3,(H,16,17). The minimum absolute atomic E-state index is 0.00573. The average molecular weight is 262 g/mol. The van der Waals surface area contributed by atoms with Crippen LogP contribution in [0.1, 0.15) is 10.4 Å². The van der Waals surface area contributed by atoms with Crippen LogP contribution in [0.4, 0.5) is 4.39 Å². The number of aromatic carboxylic acids is 1. The van der Waals surface area contributed by atoms with Gasteiger partial charge in [0.15, 0.2) is 11.5 Å². The molecule has 0 unspecified atom stereocenters. The van der Waals surface area contributed by atoms with Crippen LogP contribution in [0.2, 0.25) is 0 Å². The van der Waals surface area contributed by atoms with Crippen molar-refractivity contribution in [3.05, 3.63) is 53.8 Å². The second kappa shape index (κ2) is 5.39. The molecule has 0 saturated heterocycles. The number of para-hydroxylation sites is 1. The Kier molecular flexibility index (Phi) is 3.66. The van der Waals surface area contributed by atoms with Crippen molar-refractivity contribution in [2.45, 2.75) is 0 Å². The van der Waals surface area contributed by atoms with E-state index in [1.54, 1.807) is 12.1 Å². The third-order valence-corrected chi connectivity index (χ3v) is 2.46. The minimum Gasteiger partial charge on any atom is -0.493 e. The minimum atomic E-state index is -1.12. The van der Waals surface area contributed by atoms with E-state index in [1.165, 1.54) is 31.4 Å². The molecule has 0 saturated carbocycles. The number of hydrogen-bond donors (Lipinski definition) is 1. The van der Waals surface area contributed by atoms with E-state index >= 15 is 0 Å². The van der Waals surface area contributed by atoms with Gasteiger partial charge in [-0.1, -0.05) is 12.1 Å². The lowest BCUT2D eigenvalue weighted by molar-refractivity contribution is 0.0694. The van der Waals surface area contributed by atoms with Crippen molar-refractivity contribution < 1.29 is 23.8 Å². The van der Waals surface area contributed by atoms with Gasteiger partial charge in [-0.05, 0) is 24.3 Å². The van der Waals surface area contributed by atoms with Gasteiger partial charge in [0.25, 0.3) is 0 Å². The third kappa shape index (κ3) is 2.82. The van der Waals surface area contributed by atoms with E-state index in [0.29, 0.717) is 5.75 Å². The predicted octanol–water partition coefficient (Wildman–Crippen LogP) is 3.32. The molecule has 0 spiro atoms. The number of methoxy groups -OCH3 is 1. The fourth-order valence-electron chi connectivity index (χ4n) is 1.58. The first-order valence-electron chi connectivity index (χ1n) is 5.45. The van der Waals surface area contributed by atoms with Crippen LogP contribution in [0, 0.1) is 5.82 Å². The molecular weight excluding hydrogens is 251 g/mol. The molecule has 0 heterocycles. The monoisotopic (exact) mass is 262 g/mol. The Hall–Kier alpha value is -2.56. The summed E-state index contributed by atoms with van der Waals surface area (Å²) in [6.45, 7) is 0. The Morgan fingerprint density at radius 2 is 1.84 bits per heavy atom. The van der Waals surface area contributed by atoms with Gasteiger partial charge in [-0.25, -0.2) is 9.18 Å². The van der Waals surface area contributed by atoms with Crippen molar-refractivity contribution in [3.63, 3.8) is 0 Å². The van der Waals surface area contributed by atoms with Crippen molar-refractivity contribution in [2.75, 3.05) is 7.11 Å². The van der Waals surface area contributed by atoms with Gasteiger partial charge in [0, 0.05) is 6.07 Å². The summed E-state index contributed by atoms with van der Waals surface area (Å²) in [4.78, 5) is 11.0. The van der Waals surface area contributed by atoms with Gasteiger partial charge in [-0.15, -0.1) is 0 Å². The number of benzene rings is 2.